The molecule has 1 saturated heterocycles. The van der Waals surface area contributed by atoms with Crippen molar-refractivity contribution in [2.45, 2.75) is 20.3 Å². The lowest BCUT2D eigenvalue weighted by Gasteiger charge is -2.22. The van der Waals surface area contributed by atoms with Gasteiger partial charge < -0.3 is 10.6 Å². The molecule has 0 spiro atoms. The van der Waals surface area contributed by atoms with Crippen molar-refractivity contribution in [3.8, 4) is 0 Å². The van der Waals surface area contributed by atoms with E-state index in [1.807, 2.05) is 26.2 Å². The number of aryl methyl sites for hydroxylation is 2. The van der Waals surface area contributed by atoms with Crippen LogP contribution in [0.3, 0.4) is 0 Å². The minimum Gasteiger partial charge on any atom is -0.370 e. The van der Waals surface area contributed by atoms with Crippen LogP contribution in [-0.4, -0.2) is 24.0 Å². The summed E-state index contributed by atoms with van der Waals surface area (Å²) >= 11 is 0. The van der Waals surface area contributed by atoms with Crippen LogP contribution in [0.5, 0.6) is 0 Å². The average molecular weight is 219 g/mol. The number of hydrogen-bond acceptors (Lipinski definition) is 3. The van der Waals surface area contributed by atoms with Crippen molar-refractivity contribution in [2.75, 3.05) is 18.0 Å². The zero-order valence-electron chi connectivity index (χ0n) is 9.73. The minimum absolute atomic E-state index is 0.00744. The molecule has 0 saturated carbocycles. The number of amides is 1. The molecule has 0 aromatic carbocycles. The van der Waals surface area contributed by atoms with E-state index in [1.165, 1.54) is 5.69 Å². The van der Waals surface area contributed by atoms with Gasteiger partial charge in [0.05, 0.1) is 5.92 Å². The molecule has 1 unspecified atom stereocenters. The van der Waals surface area contributed by atoms with Crippen LogP contribution in [-0.2, 0) is 4.79 Å². The first-order valence-electron chi connectivity index (χ1n) is 5.55. The number of nitrogens with zero attached hydrogens (tertiary/aromatic N) is 2. The molecule has 1 aromatic rings. The molecule has 4 heteroatoms. The Morgan fingerprint density at radius 1 is 1.44 bits per heavy atom. The Morgan fingerprint density at radius 3 is 2.56 bits per heavy atom. The normalized spacial score (nSPS) is 20.1. The van der Waals surface area contributed by atoms with E-state index < -0.39 is 0 Å². The number of carbonyl (C=O) groups excluding carboxylic acids is 1. The molecule has 86 valence electrons. The van der Waals surface area contributed by atoms with Crippen LogP contribution in [0.4, 0.5) is 5.69 Å². The summed E-state index contributed by atoms with van der Waals surface area (Å²) < 4.78 is 0. The molecular weight excluding hydrogens is 202 g/mol. The molecule has 1 amide bonds. The van der Waals surface area contributed by atoms with Gasteiger partial charge in [-0.05, 0) is 31.4 Å². The highest BCUT2D eigenvalue weighted by atomic mass is 16.1. The highest BCUT2D eigenvalue weighted by Gasteiger charge is 2.28. The molecule has 2 rings (SSSR count). The summed E-state index contributed by atoms with van der Waals surface area (Å²) in [7, 11) is 0. The predicted molar refractivity (Wildman–Crippen MR) is 63.2 cm³/mol. The summed E-state index contributed by atoms with van der Waals surface area (Å²) in [6.07, 6.45) is 4.58. The van der Waals surface area contributed by atoms with Gasteiger partial charge in [0, 0.05) is 31.2 Å². The molecule has 0 aliphatic carbocycles. The fourth-order valence-corrected chi connectivity index (χ4v) is 2.39. The Morgan fingerprint density at radius 2 is 2.06 bits per heavy atom. The zero-order chi connectivity index (χ0) is 11.7. The number of anilines is 1. The van der Waals surface area contributed by atoms with Gasteiger partial charge in [-0.1, -0.05) is 0 Å². The van der Waals surface area contributed by atoms with Gasteiger partial charge in [0.25, 0.3) is 0 Å². The summed E-state index contributed by atoms with van der Waals surface area (Å²) in [6, 6.07) is 0. The highest BCUT2D eigenvalue weighted by Crippen LogP contribution is 2.28. The van der Waals surface area contributed by atoms with E-state index in [0.717, 1.165) is 30.6 Å². The van der Waals surface area contributed by atoms with Gasteiger partial charge in [0.15, 0.2) is 0 Å². The standard InChI is InChI=1S/C12H17N3O/c1-8-5-14-6-9(2)11(8)15-4-3-10(7-15)12(13)16/h5-6,10H,3-4,7H2,1-2H3,(H2,13,16). The van der Waals surface area contributed by atoms with Crippen LogP contribution in [0.2, 0.25) is 0 Å². The summed E-state index contributed by atoms with van der Waals surface area (Å²) in [5, 5.41) is 0. The third-order valence-corrected chi connectivity index (χ3v) is 3.19. The maximum atomic E-state index is 11.1. The van der Waals surface area contributed by atoms with Crippen molar-refractivity contribution in [3.05, 3.63) is 23.5 Å². The molecule has 1 atom stereocenters. The van der Waals surface area contributed by atoms with E-state index in [4.69, 9.17) is 5.73 Å². The summed E-state index contributed by atoms with van der Waals surface area (Å²) in [4.78, 5) is 17.5. The lowest BCUT2D eigenvalue weighted by Crippen LogP contribution is -2.28. The van der Waals surface area contributed by atoms with E-state index in [2.05, 4.69) is 9.88 Å². The highest BCUT2D eigenvalue weighted by molar-refractivity contribution is 5.78. The van der Waals surface area contributed by atoms with Crippen LogP contribution >= 0.6 is 0 Å². The summed E-state index contributed by atoms with van der Waals surface area (Å²) in [5.74, 6) is -0.196. The SMILES string of the molecule is Cc1cncc(C)c1N1CCC(C(N)=O)C1. The van der Waals surface area contributed by atoms with Gasteiger partial charge >= 0.3 is 0 Å². The Bertz CT molecular complexity index is 396. The molecule has 2 N–H and O–H groups in total. The Balaban J connectivity index is 2.24. The molecule has 4 nitrogen and oxygen atoms in total. The zero-order valence-corrected chi connectivity index (χ0v) is 9.73. The van der Waals surface area contributed by atoms with Crippen molar-refractivity contribution in [1.29, 1.82) is 0 Å². The van der Waals surface area contributed by atoms with Crippen molar-refractivity contribution in [2.24, 2.45) is 11.7 Å². The second-order valence-corrected chi connectivity index (χ2v) is 4.46. The lowest BCUT2D eigenvalue weighted by atomic mass is 10.1. The molecule has 1 fully saturated rings. The first-order chi connectivity index (χ1) is 7.59. The van der Waals surface area contributed by atoms with Gasteiger partial charge in [-0.15, -0.1) is 0 Å². The van der Waals surface area contributed by atoms with E-state index in [-0.39, 0.29) is 11.8 Å². The number of nitrogens with two attached hydrogens (primary N) is 1. The van der Waals surface area contributed by atoms with Crippen LogP contribution in [0.1, 0.15) is 17.5 Å². The number of aromatic nitrogens is 1. The molecule has 16 heavy (non-hydrogen) atoms. The van der Waals surface area contributed by atoms with Crippen LogP contribution in [0.15, 0.2) is 12.4 Å². The van der Waals surface area contributed by atoms with Crippen LogP contribution < -0.4 is 10.6 Å². The molecule has 1 aliphatic heterocycles. The van der Waals surface area contributed by atoms with Crippen molar-refractivity contribution >= 4 is 11.6 Å². The minimum atomic E-state index is -0.188. The second kappa shape index (κ2) is 4.12. The molecular formula is C12H17N3O. The maximum Gasteiger partial charge on any atom is 0.222 e. The van der Waals surface area contributed by atoms with Gasteiger partial charge in [-0.3, -0.25) is 9.78 Å². The van der Waals surface area contributed by atoms with E-state index in [1.54, 1.807) is 0 Å². The Hall–Kier alpha value is -1.58. The Labute approximate surface area is 95.5 Å². The second-order valence-electron chi connectivity index (χ2n) is 4.46. The van der Waals surface area contributed by atoms with E-state index in [0.29, 0.717) is 0 Å². The number of hydrogen-bond donors (Lipinski definition) is 1. The third-order valence-electron chi connectivity index (χ3n) is 3.19. The lowest BCUT2D eigenvalue weighted by molar-refractivity contribution is -0.121. The number of rotatable bonds is 2. The van der Waals surface area contributed by atoms with Gasteiger partial charge in [0.1, 0.15) is 0 Å². The number of pyridine rings is 1. The average Bonchev–Trinajstić information content (AvgIpc) is 2.66. The fraction of sp³-hybridized carbons (Fsp3) is 0.500. The van der Waals surface area contributed by atoms with Crippen LogP contribution in [0, 0.1) is 19.8 Å². The smallest absolute Gasteiger partial charge is 0.222 e. The molecule has 1 aliphatic rings. The maximum absolute atomic E-state index is 11.1. The summed E-state index contributed by atoms with van der Waals surface area (Å²) in [5.41, 5.74) is 8.86. The van der Waals surface area contributed by atoms with Gasteiger partial charge in [-0.2, -0.15) is 0 Å². The quantitative estimate of drug-likeness (QED) is 0.807. The van der Waals surface area contributed by atoms with E-state index >= 15 is 0 Å². The largest absolute Gasteiger partial charge is 0.370 e. The Kier molecular flexibility index (Phi) is 2.81. The molecule has 0 bridgehead atoms. The summed E-state index contributed by atoms with van der Waals surface area (Å²) in [6.45, 7) is 5.74. The topological polar surface area (TPSA) is 59.2 Å². The predicted octanol–water partition coefficient (Wildman–Crippen LogP) is 1.01. The monoisotopic (exact) mass is 219 g/mol. The first kappa shape index (κ1) is 10.9. The number of carbonyl (C=O) groups is 1. The molecule has 2 heterocycles. The van der Waals surface area contributed by atoms with Crippen LogP contribution in [0.25, 0.3) is 0 Å². The molecule has 1 aromatic heterocycles. The van der Waals surface area contributed by atoms with Crippen molar-refractivity contribution in [3.63, 3.8) is 0 Å². The fourth-order valence-electron chi connectivity index (χ4n) is 2.39. The van der Waals surface area contributed by atoms with Crippen molar-refractivity contribution in [1.82, 2.24) is 4.98 Å². The first-order valence-corrected chi connectivity index (χ1v) is 5.55. The molecule has 0 radical (unpaired) electrons. The third kappa shape index (κ3) is 1.87. The van der Waals surface area contributed by atoms with Gasteiger partial charge in [0.2, 0.25) is 5.91 Å². The van der Waals surface area contributed by atoms with E-state index in [9.17, 15) is 4.79 Å². The van der Waals surface area contributed by atoms with Gasteiger partial charge in [-0.25, -0.2) is 0 Å². The number of primary amides is 1. The van der Waals surface area contributed by atoms with Crippen molar-refractivity contribution < 1.29 is 4.79 Å².